The van der Waals surface area contributed by atoms with Crippen LogP contribution in [0, 0.1) is 0 Å². The molecule has 0 aliphatic carbocycles. The van der Waals surface area contributed by atoms with Crippen molar-refractivity contribution in [1.82, 2.24) is 9.97 Å². The van der Waals surface area contributed by atoms with Gasteiger partial charge in [-0.1, -0.05) is 17.7 Å². The molecule has 1 heterocycles. The molecule has 0 aliphatic rings. The molecule has 0 bridgehead atoms. The minimum Gasteiger partial charge on any atom is -0.467 e. The van der Waals surface area contributed by atoms with Crippen LogP contribution in [0.5, 0.6) is 17.6 Å². The first-order chi connectivity index (χ1) is 9.63. The van der Waals surface area contributed by atoms with Crippen molar-refractivity contribution in [2.24, 2.45) is 0 Å². The first-order valence-corrected chi connectivity index (χ1v) is 6.25. The van der Waals surface area contributed by atoms with E-state index >= 15 is 0 Å². The number of methoxy groups -OCH3 is 1. The molecule has 1 aromatic heterocycles. The number of anilines is 1. The lowest BCUT2D eigenvalue weighted by molar-refractivity contribution is 0.366. The summed E-state index contributed by atoms with van der Waals surface area (Å²) in [5, 5.41) is 0.298. The van der Waals surface area contributed by atoms with Gasteiger partial charge in [-0.3, -0.25) is 0 Å². The van der Waals surface area contributed by atoms with Crippen molar-refractivity contribution in [3.05, 3.63) is 47.6 Å². The van der Waals surface area contributed by atoms with Crippen molar-refractivity contribution in [3.63, 3.8) is 0 Å². The van der Waals surface area contributed by atoms with Gasteiger partial charge in [0, 0.05) is 11.3 Å². The van der Waals surface area contributed by atoms with Crippen LogP contribution >= 0.6 is 11.6 Å². The first-order valence-electron chi connectivity index (χ1n) is 5.87. The molecule has 5 nitrogen and oxygen atoms in total. The van der Waals surface area contributed by atoms with Gasteiger partial charge in [0.25, 0.3) is 0 Å². The van der Waals surface area contributed by atoms with Gasteiger partial charge in [-0.2, -0.15) is 4.98 Å². The standard InChI is InChI=1S/C14H14ClN3O2/c1-3-4-9-7-10(16)5-6-12(9)20-13-11(15)8-17-14(18-13)19-2/h3,5-8H,1,4,16H2,2H3. The average Bonchev–Trinajstić information content (AvgIpc) is 2.44. The maximum atomic E-state index is 6.01. The van der Waals surface area contributed by atoms with Gasteiger partial charge in [0.05, 0.1) is 13.3 Å². The summed E-state index contributed by atoms with van der Waals surface area (Å²) in [5.74, 6) is 0.843. The molecule has 0 saturated carbocycles. The molecule has 0 amide bonds. The van der Waals surface area contributed by atoms with E-state index in [0.717, 1.165) is 5.56 Å². The predicted molar refractivity (Wildman–Crippen MR) is 78.4 cm³/mol. The zero-order valence-corrected chi connectivity index (χ0v) is 11.7. The van der Waals surface area contributed by atoms with Crippen LogP contribution in [0.15, 0.2) is 37.1 Å². The second-order valence-corrected chi connectivity index (χ2v) is 4.38. The summed E-state index contributed by atoms with van der Waals surface area (Å²) >= 11 is 6.01. The van der Waals surface area contributed by atoms with Crippen LogP contribution in [0.3, 0.4) is 0 Å². The lowest BCUT2D eigenvalue weighted by Crippen LogP contribution is -1.98. The minimum absolute atomic E-state index is 0.185. The Morgan fingerprint density at radius 3 is 2.95 bits per heavy atom. The number of rotatable bonds is 5. The smallest absolute Gasteiger partial charge is 0.319 e. The van der Waals surface area contributed by atoms with Crippen molar-refractivity contribution in [2.45, 2.75) is 6.42 Å². The fourth-order valence-electron chi connectivity index (χ4n) is 1.62. The lowest BCUT2D eigenvalue weighted by Gasteiger charge is -2.11. The van der Waals surface area contributed by atoms with Gasteiger partial charge in [0.15, 0.2) is 0 Å². The molecule has 0 unspecified atom stereocenters. The molecular formula is C14H14ClN3O2. The average molecular weight is 292 g/mol. The molecule has 0 saturated heterocycles. The van der Waals surface area contributed by atoms with Gasteiger partial charge in [0.2, 0.25) is 5.88 Å². The van der Waals surface area contributed by atoms with Crippen LogP contribution in [-0.2, 0) is 6.42 Å². The molecule has 0 fully saturated rings. The van der Waals surface area contributed by atoms with E-state index in [-0.39, 0.29) is 11.9 Å². The molecule has 0 spiro atoms. The molecule has 20 heavy (non-hydrogen) atoms. The number of nitrogens with two attached hydrogens (primary N) is 1. The molecule has 0 radical (unpaired) electrons. The number of allylic oxidation sites excluding steroid dienone is 1. The Morgan fingerprint density at radius 1 is 1.45 bits per heavy atom. The third kappa shape index (κ3) is 3.19. The first kappa shape index (κ1) is 14.1. The Labute approximate surface area is 122 Å². The Morgan fingerprint density at radius 2 is 2.25 bits per heavy atom. The number of nitrogens with zero attached hydrogens (tertiary/aromatic N) is 2. The van der Waals surface area contributed by atoms with E-state index in [1.807, 2.05) is 6.07 Å². The highest BCUT2D eigenvalue weighted by atomic mass is 35.5. The Balaban J connectivity index is 2.36. The predicted octanol–water partition coefficient (Wildman–Crippen LogP) is 3.24. The van der Waals surface area contributed by atoms with Crippen LogP contribution in [0.1, 0.15) is 5.56 Å². The number of benzene rings is 1. The highest BCUT2D eigenvalue weighted by Crippen LogP contribution is 2.31. The molecule has 1 aromatic carbocycles. The maximum Gasteiger partial charge on any atom is 0.319 e. The SMILES string of the molecule is C=CCc1cc(N)ccc1Oc1nc(OC)ncc1Cl. The van der Waals surface area contributed by atoms with E-state index in [2.05, 4.69) is 16.5 Å². The largest absolute Gasteiger partial charge is 0.467 e. The zero-order chi connectivity index (χ0) is 14.5. The molecule has 2 N–H and O–H groups in total. The number of ether oxygens (including phenoxy) is 2. The highest BCUT2D eigenvalue weighted by molar-refractivity contribution is 6.31. The van der Waals surface area contributed by atoms with Crippen LogP contribution < -0.4 is 15.2 Å². The quantitative estimate of drug-likeness (QED) is 0.676. The number of nitrogen functional groups attached to an aromatic ring is 1. The second kappa shape index (κ2) is 6.25. The van der Waals surface area contributed by atoms with E-state index in [0.29, 0.717) is 22.9 Å². The van der Waals surface area contributed by atoms with Gasteiger partial charge in [-0.15, -0.1) is 6.58 Å². The fourth-order valence-corrected chi connectivity index (χ4v) is 1.75. The van der Waals surface area contributed by atoms with E-state index in [9.17, 15) is 0 Å². The minimum atomic E-state index is 0.185. The number of hydrogen-bond acceptors (Lipinski definition) is 5. The Hall–Kier alpha value is -2.27. The topological polar surface area (TPSA) is 70.3 Å². The van der Waals surface area contributed by atoms with Crippen LogP contribution in [-0.4, -0.2) is 17.1 Å². The van der Waals surface area contributed by atoms with Crippen molar-refractivity contribution < 1.29 is 9.47 Å². The molecule has 0 atom stereocenters. The van der Waals surface area contributed by atoms with Crippen LogP contribution in [0.4, 0.5) is 5.69 Å². The molecule has 2 aromatic rings. The van der Waals surface area contributed by atoms with Gasteiger partial charge >= 0.3 is 6.01 Å². The maximum absolute atomic E-state index is 6.01. The van der Waals surface area contributed by atoms with E-state index in [1.165, 1.54) is 13.3 Å². The third-order valence-electron chi connectivity index (χ3n) is 2.53. The summed E-state index contributed by atoms with van der Waals surface area (Å²) in [6.45, 7) is 3.71. The van der Waals surface area contributed by atoms with Crippen molar-refractivity contribution >= 4 is 17.3 Å². The van der Waals surface area contributed by atoms with Crippen molar-refractivity contribution in [1.29, 1.82) is 0 Å². The summed E-state index contributed by atoms with van der Waals surface area (Å²) in [5.41, 5.74) is 7.32. The summed E-state index contributed by atoms with van der Waals surface area (Å²) in [7, 11) is 1.47. The Bertz CT molecular complexity index is 632. The summed E-state index contributed by atoms with van der Waals surface area (Å²) in [6, 6.07) is 5.52. The highest BCUT2D eigenvalue weighted by Gasteiger charge is 2.11. The zero-order valence-electron chi connectivity index (χ0n) is 11.0. The van der Waals surface area contributed by atoms with Crippen molar-refractivity contribution in [3.8, 4) is 17.6 Å². The molecule has 0 aliphatic heterocycles. The molecule has 6 heteroatoms. The van der Waals surface area contributed by atoms with Gasteiger partial charge < -0.3 is 15.2 Å². The van der Waals surface area contributed by atoms with E-state index < -0.39 is 0 Å². The van der Waals surface area contributed by atoms with Gasteiger partial charge in [-0.05, 0) is 24.6 Å². The molecular weight excluding hydrogens is 278 g/mol. The second-order valence-electron chi connectivity index (χ2n) is 3.97. The summed E-state index contributed by atoms with van der Waals surface area (Å²) < 4.78 is 10.7. The fraction of sp³-hybridized carbons (Fsp3) is 0.143. The van der Waals surface area contributed by atoms with E-state index in [1.54, 1.807) is 18.2 Å². The Kier molecular flexibility index (Phi) is 4.42. The normalized spacial score (nSPS) is 10.1. The summed E-state index contributed by atoms with van der Waals surface area (Å²) in [6.07, 6.45) is 3.82. The number of aromatic nitrogens is 2. The van der Waals surface area contributed by atoms with Crippen molar-refractivity contribution in [2.75, 3.05) is 12.8 Å². The van der Waals surface area contributed by atoms with Crippen LogP contribution in [0.25, 0.3) is 0 Å². The van der Waals surface area contributed by atoms with Crippen LogP contribution in [0.2, 0.25) is 5.02 Å². The van der Waals surface area contributed by atoms with Gasteiger partial charge in [-0.25, -0.2) is 4.98 Å². The van der Waals surface area contributed by atoms with Gasteiger partial charge in [0.1, 0.15) is 10.8 Å². The third-order valence-corrected chi connectivity index (χ3v) is 2.79. The van der Waals surface area contributed by atoms with E-state index in [4.69, 9.17) is 26.8 Å². The lowest BCUT2D eigenvalue weighted by atomic mass is 10.1. The monoisotopic (exact) mass is 291 g/mol. The molecule has 104 valence electrons. The summed E-state index contributed by atoms with van der Waals surface area (Å²) in [4.78, 5) is 7.96. The number of halogens is 1. The molecule has 2 rings (SSSR count). The number of hydrogen-bond donors (Lipinski definition) is 1.